The van der Waals surface area contributed by atoms with Crippen molar-refractivity contribution in [2.75, 3.05) is 6.54 Å². The molecule has 0 saturated carbocycles. The zero-order valence-electron chi connectivity index (χ0n) is 11.8. The van der Waals surface area contributed by atoms with Gasteiger partial charge in [-0.3, -0.25) is 9.69 Å². The molecular weight excluding hydrogens is 290 g/mol. The first-order chi connectivity index (χ1) is 9.65. The van der Waals surface area contributed by atoms with E-state index in [0.717, 1.165) is 41.8 Å². The predicted octanol–water partition coefficient (Wildman–Crippen LogP) is 2.41. The second-order valence-corrected chi connectivity index (χ2v) is 5.21. The van der Waals surface area contributed by atoms with E-state index in [2.05, 4.69) is 9.97 Å². The van der Waals surface area contributed by atoms with Crippen molar-refractivity contribution in [1.82, 2.24) is 14.9 Å². The molecule has 1 fully saturated rings. The summed E-state index contributed by atoms with van der Waals surface area (Å²) in [5.41, 5.74) is 3.49. The highest BCUT2D eigenvalue weighted by Crippen LogP contribution is 2.21. The number of hydrogen-bond donors (Lipinski definition) is 1. The van der Waals surface area contributed by atoms with Gasteiger partial charge in [-0.05, 0) is 38.4 Å². The lowest BCUT2D eigenvalue weighted by Crippen LogP contribution is -2.35. The summed E-state index contributed by atoms with van der Waals surface area (Å²) in [6, 6.07) is 7.37. The average molecular weight is 308 g/mol. The number of fused-ring (bicyclic) bond motifs is 1. The van der Waals surface area contributed by atoms with Gasteiger partial charge in [0.15, 0.2) is 0 Å². The fraction of sp³-hybridized carbons (Fsp3) is 0.400. The number of hydrogen-bond acceptors (Lipinski definition) is 4. The van der Waals surface area contributed by atoms with Crippen LogP contribution in [0.3, 0.4) is 0 Å². The topological polar surface area (TPSA) is 66.3 Å². The van der Waals surface area contributed by atoms with Crippen LogP contribution < -0.4 is 0 Å². The minimum Gasteiger partial charge on any atom is -0.480 e. The minimum absolute atomic E-state index is 0. The van der Waals surface area contributed by atoms with E-state index in [0.29, 0.717) is 6.54 Å². The first kappa shape index (κ1) is 15.7. The number of benzene rings is 1. The van der Waals surface area contributed by atoms with Crippen molar-refractivity contribution >= 4 is 29.4 Å². The lowest BCUT2D eigenvalue weighted by Gasteiger charge is -2.21. The Morgan fingerprint density at radius 1 is 1.33 bits per heavy atom. The maximum Gasteiger partial charge on any atom is 0.320 e. The summed E-state index contributed by atoms with van der Waals surface area (Å²) in [5, 5.41) is 9.23. The van der Waals surface area contributed by atoms with E-state index in [9.17, 15) is 9.90 Å². The molecule has 3 rings (SSSR count). The maximum absolute atomic E-state index is 11.2. The second kappa shape index (κ2) is 6.37. The molecule has 6 heteroatoms. The maximum atomic E-state index is 11.2. The minimum atomic E-state index is -0.742. The third kappa shape index (κ3) is 3.14. The Hall–Kier alpha value is -1.72. The molecule has 1 aliphatic rings. The van der Waals surface area contributed by atoms with Crippen molar-refractivity contribution in [2.45, 2.75) is 32.4 Å². The highest BCUT2D eigenvalue weighted by atomic mass is 35.5. The molecule has 21 heavy (non-hydrogen) atoms. The van der Waals surface area contributed by atoms with Crippen LogP contribution in [0, 0.1) is 6.92 Å². The van der Waals surface area contributed by atoms with Crippen LogP contribution in [-0.2, 0) is 11.3 Å². The van der Waals surface area contributed by atoms with Crippen LogP contribution in [0.2, 0.25) is 0 Å². The summed E-state index contributed by atoms with van der Waals surface area (Å²) in [7, 11) is 0. The van der Waals surface area contributed by atoms with Gasteiger partial charge in [-0.2, -0.15) is 0 Å². The molecular formula is C15H18ClN3O2. The van der Waals surface area contributed by atoms with Gasteiger partial charge in [-0.25, -0.2) is 9.97 Å². The molecule has 0 amide bonds. The van der Waals surface area contributed by atoms with E-state index < -0.39 is 5.97 Å². The van der Waals surface area contributed by atoms with Crippen LogP contribution in [-0.4, -0.2) is 38.5 Å². The van der Waals surface area contributed by atoms with Crippen LogP contribution in [0.15, 0.2) is 24.3 Å². The third-order valence-corrected chi connectivity index (χ3v) is 3.84. The van der Waals surface area contributed by atoms with Crippen LogP contribution in [0.25, 0.3) is 11.0 Å². The molecule has 2 heterocycles. The van der Waals surface area contributed by atoms with Gasteiger partial charge in [0.2, 0.25) is 0 Å². The molecule has 5 nitrogen and oxygen atoms in total. The molecule has 1 aliphatic heterocycles. The molecule has 112 valence electrons. The number of rotatable bonds is 3. The molecule has 0 radical (unpaired) electrons. The molecule has 1 atom stereocenters. The molecule has 0 aliphatic carbocycles. The number of aryl methyl sites for hydroxylation is 1. The zero-order valence-corrected chi connectivity index (χ0v) is 12.6. The number of nitrogens with zero attached hydrogens (tertiary/aromatic N) is 3. The fourth-order valence-electron chi connectivity index (χ4n) is 2.76. The average Bonchev–Trinajstić information content (AvgIpc) is 2.88. The number of carbonyl (C=O) groups is 1. The van der Waals surface area contributed by atoms with E-state index in [4.69, 9.17) is 0 Å². The van der Waals surface area contributed by atoms with Gasteiger partial charge in [-0.1, -0.05) is 12.1 Å². The highest BCUT2D eigenvalue weighted by molar-refractivity contribution is 5.85. The molecule has 1 unspecified atom stereocenters. The van der Waals surface area contributed by atoms with E-state index in [1.807, 2.05) is 36.1 Å². The molecule has 1 saturated heterocycles. The summed E-state index contributed by atoms with van der Waals surface area (Å²) >= 11 is 0. The van der Waals surface area contributed by atoms with Gasteiger partial charge in [0.1, 0.15) is 6.04 Å². The largest absolute Gasteiger partial charge is 0.480 e. The quantitative estimate of drug-likeness (QED) is 0.943. The van der Waals surface area contributed by atoms with Gasteiger partial charge in [-0.15, -0.1) is 12.4 Å². The summed E-state index contributed by atoms with van der Waals surface area (Å²) < 4.78 is 0. The van der Waals surface area contributed by atoms with Crippen molar-refractivity contribution in [3.8, 4) is 0 Å². The van der Waals surface area contributed by atoms with E-state index >= 15 is 0 Å². The van der Waals surface area contributed by atoms with Crippen molar-refractivity contribution in [3.63, 3.8) is 0 Å². The monoisotopic (exact) mass is 307 g/mol. The van der Waals surface area contributed by atoms with Crippen molar-refractivity contribution in [1.29, 1.82) is 0 Å². The Balaban J connectivity index is 0.00000161. The number of likely N-dealkylation sites (tertiary alicyclic amines) is 1. The Morgan fingerprint density at radius 3 is 2.67 bits per heavy atom. The lowest BCUT2D eigenvalue weighted by molar-refractivity contribution is -0.142. The van der Waals surface area contributed by atoms with Crippen LogP contribution in [0.1, 0.15) is 24.2 Å². The molecule has 1 aromatic heterocycles. The first-order valence-electron chi connectivity index (χ1n) is 6.84. The Bertz CT molecular complexity index is 662. The summed E-state index contributed by atoms with van der Waals surface area (Å²) in [6.07, 6.45) is 1.65. The van der Waals surface area contributed by atoms with Crippen molar-refractivity contribution < 1.29 is 9.90 Å². The van der Waals surface area contributed by atoms with Crippen LogP contribution in [0.4, 0.5) is 0 Å². The Kier molecular flexibility index (Phi) is 4.75. The number of carboxylic acids is 1. The number of aliphatic carboxylic acids is 1. The summed E-state index contributed by atoms with van der Waals surface area (Å²) in [4.78, 5) is 22.4. The van der Waals surface area contributed by atoms with E-state index in [1.165, 1.54) is 0 Å². The highest BCUT2D eigenvalue weighted by Gasteiger charge is 2.30. The molecule has 1 N–H and O–H groups in total. The number of aromatic nitrogens is 2. The number of carboxylic acid groups (broad SMARTS) is 1. The molecule has 0 spiro atoms. The van der Waals surface area contributed by atoms with Gasteiger partial charge in [0.05, 0.1) is 22.4 Å². The van der Waals surface area contributed by atoms with Gasteiger partial charge in [0, 0.05) is 6.54 Å². The van der Waals surface area contributed by atoms with Gasteiger partial charge < -0.3 is 5.11 Å². The number of para-hydroxylation sites is 2. The summed E-state index contributed by atoms with van der Waals surface area (Å²) in [6.45, 7) is 3.30. The van der Waals surface area contributed by atoms with Crippen molar-refractivity contribution in [3.05, 3.63) is 35.7 Å². The first-order valence-corrected chi connectivity index (χ1v) is 6.84. The number of halogens is 1. The van der Waals surface area contributed by atoms with Crippen molar-refractivity contribution in [2.24, 2.45) is 0 Å². The summed E-state index contributed by atoms with van der Waals surface area (Å²) in [5.74, 6) is -0.742. The molecule has 1 aromatic carbocycles. The fourth-order valence-corrected chi connectivity index (χ4v) is 2.76. The van der Waals surface area contributed by atoms with Crippen LogP contribution >= 0.6 is 12.4 Å². The van der Waals surface area contributed by atoms with Crippen LogP contribution in [0.5, 0.6) is 0 Å². The van der Waals surface area contributed by atoms with E-state index in [-0.39, 0.29) is 18.4 Å². The lowest BCUT2D eigenvalue weighted by atomic mass is 10.2. The predicted molar refractivity (Wildman–Crippen MR) is 82.6 cm³/mol. The zero-order chi connectivity index (χ0) is 14.1. The molecule has 2 aromatic rings. The van der Waals surface area contributed by atoms with Gasteiger partial charge in [0.25, 0.3) is 0 Å². The Morgan fingerprint density at radius 2 is 2.00 bits per heavy atom. The molecule has 0 bridgehead atoms. The third-order valence-electron chi connectivity index (χ3n) is 3.84. The second-order valence-electron chi connectivity index (χ2n) is 5.21. The van der Waals surface area contributed by atoms with E-state index in [1.54, 1.807) is 0 Å². The smallest absolute Gasteiger partial charge is 0.320 e. The SMILES string of the molecule is Cc1nc2ccccc2nc1CN1CCCC1C(=O)O.Cl. The Labute approximate surface area is 129 Å². The van der Waals surface area contributed by atoms with Gasteiger partial charge >= 0.3 is 5.97 Å². The standard InChI is InChI=1S/C15H17N3O2.ClH/c1-10-13(9-18-8-4-7-14(18)15(19)20)17-12-6-3-2-5-11(12)16-10;/h2-3,5-6,14H,4,7-9H2,1H3,(H,19,20);1H. The normalized spacial score (nSPS) is 18.6.